The molecular formula is C15H29N3O2. The molecule has 2 fully saturated rings. The molecule has 0 aromatic rings. The van der Waals surface area contributed by atoms with Gasteiger partial charge in [0.15, 0.2) is 0 Å². The van der Waals surface area contributed by atoms with Gasteiger partial charge in [-0.05, 0) is 32.2 Å². The molecule has 1 aliphatic carbocycles. The maximum atomic E-state index is 8.81. The summed E-state index contributed by atoms with van der Waals surface area (Å²) in [4.78, 5) is 2.59. The molecule has 5 heteroatoms. The SMILES string of the molecule is CC(C)(CCCN1CCOC2CCCCC21)C(N)=NO. The zero-order valence-electron chi connectivity index (χ0n) is 12.8. The van der Waals surface area contributed by atoms with Crippen LogP contribution in [-0.2, 0) is 4.74 Å². The molecule has 2 atom stereocenters. The fourth-order valence-corrected chi connectivity index (χ4v) is 3.44. The van der Waals surface area contributed by atoms with Gasteiger partial charge in [-0.2, -0.15) is 0 Å². The van der Waals surface area contributed by atoms with Gasteiger partial charge >= 0.3 is 0 Å². The Morgan fingerprint density at radius 1 is 1.40 bits per heavy atom. The van der Waals surface area contributed by atoms with E-state index >= 15 is 0 Å². The van der Waals surface area contributed by atoms with Crippen molar-refractivity contribution in [1.82, 2.24) is 4.90 Å². The number of amidine groups is 1. The number of nitrogens with zero attached hydrogens (tertiary/aromatic N) is 2. The summed E-state index contributed by atoms with van der Waals surface area (Å²) >= 11 is 0. The number of morpholine rings is 1. The van der Waals surface area contributed by atoms with E-state index in [0.717, 1.165) is 32.5 Å². The van der Waals surface area contributed by atoms with E-state index in [9.17, 15) is 0 Å². The summed E-state index contributed by atoms with van der Waals surface area (Å²) in [6.07, 6.45) is 7.60. The molecule has 2 aliphatic rings. The second-order valence-corrected chi connectivity index (χ2v) is 6.77. The Hall–Kier alpha value is -0.810. The molecule has 0 bridgehead atoms. The van der Waals surface area contributed by atoms with Crippen LogP contribution in [0.1, 0.15) is 52.4 Å². The third-order valence-corrected chi connectivity index (χ3v) is 4.90. The van der Waals surface area contributed by atoms with Crippen molar-refractivity contribution in [2.75, 3.05) is 19.7 Å². The lowest BCUT2D eigenvalue weighted by molar-refractivity contribution is -0.0885. The van der Waals surface area contributed by atoms with E-state index in [0.29, 0.717) is 18.0 Å². The molecule has 2 unspecified atom stereocenters. The Morgan fingerprint density at radius 2 is 2.15 bits per heavy atom. The van der Waals surface area contributed by atoms with Gasteiger partial charge in [-0.25, -0.2) is 0 Å². The van der Waals surface area contributed by atoms with Crippen LogP contribution in [0.3, 0.4) is 0 Å². The van der Waals surface area contributed by atoms with Crippen LogP contribution >= 0.6 is 0 Å². The normalized spacial score (nSPS) is 29.2. The van der Waals surface area contributed by atoms with Gasteiger partial charge in [-0.1, -0.05) is 31.8 Å². The fraction of sp³-hybridized carbons (Fsp3) is 0.933. The first-order valence-electron chi connectivity index (χ1n) is 7.88. The van der Waals surface area contributed by atoms with Crippen LogP contribution in [0.4, 0.5) is 0 Å². The first kappa shape index (κ1) is 15.6. The van der Waals surface area contributed by atoms with Crippen molar-refractivity contribution in [3.05, 3.63) is 0 Å². The van der Waals surface area contributed by atoms with E-state index in [1.165, 1.54) is 25.7 Å². The molecule has 0 radical (unpaired) electrons. The Balaban J connectivity index is 1.81. The van der Waals surface area contributed by atoms with Gasteiger partial charge in [0.25, 0.3) is 0 Å². The second kappa shape index (κ2) is 6.76. The highest BCUT2D eigenvalue weighted by molar-refractivity contribution is 5.85. The molecule has 1 saturated heterocycles. The minimum atomic E-state index is -0.229. The van der Waals surface area contributed by atoms with Gasteiger partial charge in [0.1, 0.15) is 5.84 Å². The highest BCUT2D eigenvalue weighted by Crippen LogP contribution is 2.29. The van der Waals surface area contributed by atoms with Crippen LogP contribution in [0.2, 0.25) is 0 Å². The third kappa shape index (κ3) is 3.64. The average Bonchev–Trinajstić information content (AvgIpc) is 2.46. The van der Waals surface area contributed by atoms with E-state index in [-0.39, 0.29) is 5.41 Å². The summed E-state index contributed by atoms with van der Waals surface area (Å²) < 4.78 is 5.90. The average molecular weight is 283 g/mol. The first-order chi connectivity index (χ1) is 9.54. The largest absolute Gasteiger partial charge is 0.409 e. The van der Waals surface area contributed by atoms with Crippen molar-refractivity contribution >= 4 is 5.84 Å². The monoisotopic (exact) mass is 283 g/mol. The summed E-state index contributed by atoms with van der Waals surface area (Å²) in [7, 11) is 0. The van der Waals surface area contributed by atoms with E-state index in [2.05, 4.69) is 10.1 Å². The minimum Gasteiger partial charge on any atom is -0.409 e. The Morgan fingerprint density at radius 3 is 2.90 bits per heavy atom. The molecule has 0 spiro atoms. The number of rotatable bonds is 5. The van der Waals surface area contributed by atoms with Crippen LogP contribution in [0, 0.1) is 5.41 Å². The number of ether oxygens (including phenoxy) is 1. The molecule has 0 aromatic carbocycles. The van der Waals surface area contributed by atoms with E-state index < -0.39 is 0 Å². The molecule has 20 heavy (non-hydrogen) atoms. The molecule has 1 aliphatic heterocycles. The Labute approximate surface area is 122 Å². The van der Waals surface area contributed by atoms with E-state index in [1.54, 1.807) is 0 Å². The Bertz CT molecular complexity index is 342. The van der Waals surface area contributed by atoms with Crippen molar-refractivity contribution < 1.29 is 9.94 Å². The quantitative estimate of drug-likeness (QED) is 0.351. The molecule has 1 saturated carbocycles. The summed E-state index contributed by atoms with van der Waals surface area (Å²) in [5.41, 5.74) is 5.51. The van der Waals surface area contributed by atoms with Crippen molar-refractivity contribution in [1.29, 1.82) is 0 Å². The fourth-order valence-electron chi connectivity index (χ4n) is 3.44. The van der Waals surface area contributed by atoms with Gasteiger partial charge in [0.2, 0.25) is 0 Å². The van der Waals surface area contributed by atoms with Crippen LogP contribution in [0.15, 0.2) is 5.16 Å². The Kier molecular flexibility index (Phi) is 5.27. The zero-order chi connectivity index (χ0) is 14.6. The molecule has 0 amide bonds. The predicted molar refractivity (Wildman–Crippen MR) is 80.0 cm³/mol. The number of oxime groups is 1. The number of hydrogen-bond acceptors (Lipinski definition) is 4. The molecule has 116 valence electrons. The van der Waals surface area contributed by atoms with Crippen LogP contribution in [0.25, 0.3) is 0 Å². The maximum Gasteiger partial charge on any atom is 0.144 e. The number of nitrogens with two attached hydrogens (primary N) is 1. The van der Waals surface area contributed by atoms with Gasteiger partial charge in [0, 0.05) is 18.0 Å². The summed E-state index contributed by atoms with van der Waals surface area (Å²) in [6, 6.07) is 0.615. The number of hydrogen-bond donors (Lipinski definition) is 2. The molecule has 3 N–H and O–H groups in total. The highest BCUT2D eigenvalue weighted by Gasteiger charge is 2.34. The zero-order valence-corrected chi connectivity index (χ0v) is 12.8. The van der Waals surface area contributed by atoms with Gasteiger partial charge < -0.3 is 15.7 Å². The van der Waals surface area contributed by atoms with Crippen molar-refractivity contribution in [3.8, 4) is 0 Å². The first-order valence-corrected chi connectivity index (χ1v) is 7.88. The van der Waals surface area contributed by atoms with Gasteiger partial charge in [-0.15, -0.1) is 0 Å². The van der Waals surface area contributed by atoms with E-state index in [1.807, 2.05) is 13.8 Å². The molecule has 1 heterocycles. The van der Waals surface area contributed by atoms with Crippen LogP contribution < -0.4 is 5.73 Å². The summed E-state index contributed by atoms with van der Waals surface area (Å²) in [6.45, 7) is 7.07. The lowest BCUT2D eigenvalue weighted by Crippen LogP contribution is -2.52. The molecular weight excluding hydrogens is 254 g/mol. The van der Waals surface area contributed by atoms with E-state index in [4.69, 9.17) is 15.7 Å². The van der Waals surface area contributed by atoms with Crippen molar-refractivity contribution in [3.63, 3.8) is 0 Å². The lowest BCUT2D eigenvalue weighted by atomic mass is 9.86. The van der Waals surface area contributed by atoms with Crippen LogP contribution in [-0.4, -0.2) is 47.8 Å². The standard InChI is InChI=1S/C15H29N3O2/c1-15(2,14(16)17-19)8-5-9-18-10-11-20-13-7-4-3-6-12(13)18/h12-13,19H,3-11H2,1-2H3,(H2,16,17). The van der Waals surface area contributed by atoms with Crippen molar-refractivity contribution in [2.45, 2.75) is 64.5 Å². The molecule has 2 rings (SSSR count). The van der Waals surface area contributed by atoms with Crippen molar-refractivity contribution in [2.24, 2.45) is 16.3 Å². The molecule has 0 aromatic heterocycles. The number of fused-ring (bicyclic) bond motifs is 1. The summed E-state index contributed by atoms with van der Waals surface area (Å²) in [5, 5.41) is 12.0. The van der Waals surface area contributed by atoms with Crippen LogP contribution in [0.5, 0.6) is 0 Å². The lowest BCUT2D eigenvalue weighted by Gasteiger charge is -2.44. The predicted octanol–water partition coefficient (Wildman–Crippen LogP) is 2.18. The van der Waals surface area contributed by atoms with Gasteiger partial charge in [0.05, 0.1) is 12.7 Å². The summed E-state index contributed by atoms with van der Waals surface area (Å²) in [5.74, 6) is 0.329. The minimum absolute atomic E-state index is 0.229. The second-order valence-electron chi connectivity index (χ2n) is 6.77. The highest BCUT2D eigenvalue weighted by atomic mass is 16.5. The maximum absolute atomic E-state index is 8.81. The smallest absolute Gasteiger partial charge is 0.144 e. The van der Waals surface area contributed by atoms with Gasteiger partial charge in [-0.3, -0.25) is 4.90 Å². The topological polar surface area (TPSA) is 71.1 Å². The molecule has 5 nitrogen and oxygen atoms in total. The third-order valence-electron chi connectivity index (χ3n) is 4.90.